The number of ether oxygens (including phenoxy) is 1. The third kappa shape index (κ3) is 13.0. The van der Waals surface area contributed by atoms with Gasteiger partial charge in [0.2, 0.25) is 0 Å². The number of rotatable bonds is 15. The van der Waals surface area contributed by atoms with Gasteiger partial charge in [-0.1, -0.05) is 31.5 Å². The Morgan fingerprint density at radius 2 is 1.88 bits per heavy atom. The lowest BCUT2D eigenvalue weighted by Gasteiger charge is -2.38. The van der Waals surface area contributed by atoms with E-state index in [0.29, 0.717) is 35.3 Å². The van der Waals surface area contributed by atoms with E-state index in [2.05, 4.69) is 25.7 Å². The molecule has 2 aromatic heterocycles. The van der Waals surface area contributed by atoms with Gasteiger partial charge in [0, 0.05) is 35.1 Å². The quantitative estimate of drug-likeness (QED) is 0.0575. The van der Waals surface area contributed by atoms with Crippen LogP contribution >= 0.6 is 19.2 Å². The van der Waals surface area contributed by atoms with E-state index in [1.165, 1.54) is 34.7 Å². The third-order valence-corrected chi connectivity index (χ3v) is 8.45. The average Bonchev–Trinajstić information content (AvgIpc) is 3.77. The molecule has 8 N–H and O–H groups in total. The van der Waals surface area contributed by atoms with Crippen LogP contribution in [-0.2, 0) is 30.8 Å². The van der Waals surface area contributed by atoms with Crippen molar-refractivity contribution in [3.8, 4) is 17.3 Å². The van der Waals surface area contributed by atoms with Gasteiger partial charge in [-0.25, -0.2) is 28.0 Å². The van der Waals surface area contributed by atoms with Crippen molar-refractivity contribution < 1.29 is 47.4 Å². The van der Waals surface area contributed by atoms with Gasteiger partial charge in [0.25, 0.3) is 0 Å². The molecule has 0 unspecified atom stereocenters. The van der Waals surface area contributed by atoms with E-state index in [1.807, 2.05) is 0 Å². The number of phosphoric acid groups is 1. The summed E-state index contributed by atoms with van der Waals surface area (Å²) in [7, 11) is -4.93. The molecule has 0 aliphatic heterocycles. The van der Waals surface area contributed by atoms with E-state index in [0.717, 1.165) is 24.5 Å². The predicted molar refractivity (Wildman–Crippen MR) is 179 cm³/mol. The number of aromatic nitrogens is 4. The fourth-order valence-electron chi connectivity index (χ4n) is 4.46. The summed E-state index contributed by atoms with van der Waals surface area (Å²) in [6.45, 7) is 3.14. The number of unbranched alkanes of at least 4 members (excludes halogenated alkanes) is 1. The second-order valence-electron chi connectivity index (χ2n) is 10.5. The Bertz CT molecular complexity index is 1700. The predicted octanol–water partition coefficient (Wildman–Crippen LogP) is 3.86. The summed E-state index contributed by atoms with van der Waals surface area (Å²) in [4.78, 5) is 37.1. The van der Waals surface area contributed by atoms with Crippen molar-refractivity contribution in [2.24, 2.45) is 11.5 Å². The van der Waals surface area contributed by atoms with E-state index in [-0.39, 0.29) is 18.7 Å². The van der Waals surface area contributed by atoms with E-state index < -0.39 is 49.8 Å². The molecule has 2 aromatic carbocycles. The van der Waals surface area contributed by atoms with Gasteiger partial charge in [-0.3, -0.25) is 9.32 Å². The maximum absolute atomic E-state index is 15.2. The van der Waals surface area contributed by atoms with Crippen LogP contribution in [0.5, 0.6) is 0 Å². The van der Waals surface area contributed by atoms with Crippen LogP contribution < -0.4 is 11.5 Å². The van der Waals surface area contributed by atoms with Gasteiger partial charge in [-0.15, -0.1) is 11.3 Å². The van der Waals surface area contributed by atoms with Crippen molar-refractivity contribution in [3.63, 3.8) is 0 Å². The van der Waals surface area contributed by atoms with Crippen molar-refractivity contribution in [1.29, 1.82) is 5.26 Å². The van der Waals surface area contributed by atoms with Crippen LogP contribution in [0.15, 0.2) is 60.5 Å². The molecular weight excluding hydrogens is 699 g/mol. The summed E-state index contributed by atoms with van der Waals surface area (Å²) in [5.74, 6) is -3.44. The van der Waals surface area contributed by atoms with E-state index >= 15 is 4.39 Å². The van der Waals surface area contributed by atoms with Gasteiger partial charge in [0.1, 0.15) is 35.9 Å². The molecule has 0 saturated heterocycles. The van der Waals surface area contributed by atoms with Crippen LogP contribution in [-0.4, -0.2) is 71.7 Å². The fourth-order valence-corrected chi connectivity index (χ4v) is 5.61. The number of aliphatic hydroxyl groups is 1. The summed E-state index contributed by atoms with van der Waals surface area (Å²) >= 11 is 1.25. The Kier molecular flexibility index (Phi) is 17.4. The number of carboxylic acid groups (broad SMARTS) is 1. The molecule has 0 fully saturated rings. The fraction of sp³-hybridized carbons (Fsp3) is 0.387. The molecule has 3 atom stereocenters. The summed E-state index contributed by atoms with van der Waals surface area (Å²) in [5.41, 5.74) is 10.4. The van der Waals surface area contributed by atoms with Gasteiger partial charge < -0.3 is 36.2 Å². The Morgan fingerprint density at radius 1 is 1.20 bits per heavy atom. The van der Waals surface area contributed by atoms with Gasteiger partial charge in [-0.2, -0.15) is 10.4 Å². The second-order valence-corrected chi connectivity index (χ2v) is 12.6. The molecule has 0 bridgehead atoms. The number of nitriles is 1. The Labute approximate surface area is 291 Å². The zero-order valence-electron chi connectivity index (χ0n) is 27.3. The average molecular weight is 740 g/mol. The molecule has 0 amide bonds. The topological polar surface area (TPSA) is 253 Å². The van der Waals surface area contributed by atoms with E-state index in [9.17, 15) is 23.5 Å². The first-order valence-electron chi connectivity index (χ1n) is 15.1. The Hall–Kier alpha value is -4.02. The number of phosphoric ester groups is 1. The number of hydrogen-bond acceptors (Lipinski definition) is 12. The smallest absolute Gasteiger partial charge is 0.471 e. The van der Waals surface area contributed by atoms with Crippen molar-refractivity contribution in [3.05, 3.63) is 88.3 Å². The van der Waals surface area contributed by atoms with Crippen molar-refractivity contribution >= 4 is 25.1 Å². The summed E-state index contributed by atoms with van der Waals surface area (Å²) < 4.78 is 52.2. The number of aliphatic hydroxyl groups excluding tert-OH is 1. The lowest BCUT2D eigenvalue weighted by Crippen LogP contribution is -2.41. The molecule has 0 aliphatic carbocycles. The standard InChI is InChI=1S/C23H20F2N5O5PS.C6H14N2O2.C2H6O/c1-15(22-29-21(10-37-22)17-4-2-16(9-26)3-5-17)23(11-30-13-27-12-28-30,34-14-35-36(31,32)33)19-7-6-18(24)8-20(19)25;7-4-2-1-3-5(8)6(9)10;1-2-3/h2-8,10,12-13,15H,11,14H2,1H3,(H2,31,32,33);5H,1-4,7-8H2,(H,9,10);3H,2H2,1H3/t15-,23-;5-;/m00./s1. The Morgan fingerprint density at radius 3 is 2.42 bits per heavy atom. The van der Waals surface area contributed by atoms with Crippen LogP contribution in [0.25, 0.3) is 11.3 Å². The first-order valence-corrected chi connectivity index (χ1v) is 17.5. The summed E-state index contributed by atoms with van der Waals surface area (Å²) in [5, 5.41) is 31.3. The Balaban J connectivity index is 0.000000569. The lowest BCUT2D eigenvalue weighted by atomic mass is 9.81. The molecule has 272 valence electrons. The van der Waals surface area contributed by atoms with Crippen LogP contribution in [0.3, 0.4) is 0 Å². The minimum atomic E-state index is -4.93. The first-order chi connectivity index (χ1) is 23.7. The normalized spacial score (nSPS) is 13.4. The number of benzene rings is 2. The van der Waals surface area contributed by atoms with E-state index in [1.54, 1.807) is 43.5 Å². The maximum atomic E-state index is 15.2. The van der Waals surface area contributed by atoms with Crippen molar-refractivity contribution in [2.45, 2.75) is 57.2 Å². The van der Waals surface area contributed by atoms with Crippen LogP contribution in [0, 0.1) is 23.0 Å². The number of carbonyl (C=O) groups is 1. The molecule has 19 heteroatoms. The largest absolute Gasteiger partial charge is 0.480 e. The van der Waals surface area contributed by atoms with Gasteiger partial charge in [0.15, 0.2) is 6.79 Å². The lowest BCUT2D eigenvalue weighted by molar-refractivity contribution is -0.140. The molecule has 0 saturated carbocycles. The highest BCUT2D eigenvalue weighted by molar-refractivity contribution is 7.46. The van der Waals surface area contributed by atoms with Gasteiger partial charge in [-0.05, 0) is 44.5 Å². The number of nitrogens with two attached hydrogens (primary N) is 2. The highest BCUT2D eigenvalue weighted by Gasteiger charge is 2.45. The number of nitrogens with zero attached hydrogens (tertiary/aromatic N) is 5. The highest BCUT2D eigenvalue weighted by atomic mass is 32.1. The maximum Gasteiger partial charge on any atom is 0.471 e. The second kappa shape index (κ2) is 20.6. The molecule has 0 aliphatic rings. The number of thiazole rings is 1. The molecule has 0 radical (unpaired) electrons. The van der Waals surface area contributed by atoms with Crippen molar-refractivity contribution in [2.75, 3.05) is 19.9 Å². The van der Waals surface area contributed by atoms with E-state index in [4.69, 9.17) is 31.7 Å². The number of aliphatic carboxylic acids is 1. The minimum absolute atomic E-state index is 0.0960. The number of hydrogen-bond donors (Lipinski definition) is 6. The van der Waals surface area contributed by atoms with Gasteiger partial charge >= 0.3 is 13.8 Å². The monoisotopic (exact) mass is 739 g/mol. The number of halogens is 2. The zero-order valence-corrected chi connectivity index (χ0v) is 29.0. The SMILES string of the molecule is CCO.C[C@@H](c1nc(-c2ccc(C#N)cc2)cs1)[C@](Cn1cncn1)(OCOP(=O)(O)O)c1ccc(F)cc1F.NCCCC[C@H](N)C(=O)O. The van der Waals surface area contributed by atoms with Crippen LogP contribution in [0.4, 0.5) is 8.78 Å². The van der Waals surface area contributed by atoms with Crippen LogP contribution in [0.2, 0.25) is 0 Å². The first kappa shape index (κ1) is 42.1. The van der Waals surface area contributed by atoms with Crippen LogP contribution in [0.1, 0.15) is 55.2 Å². The minimum Gasteiger partial charge on any atom is -0.480 e. The molecule has 4 aromatic rings. The number of carboxylic acids is 1. The van der Waals surface area contributed by atoms with Gasteiger partial charge in [0.05, 0.1) is 28.9 Å². The third-order valence-electron chi connectivity index (χ3n) is 6.98. The summed E-state index contributed by atoms with van der Waals surface area (Å²) in [6.07, 6.45) is 4.78. The van der Waals surface area contributed by atoms with Crippen molar-refractivity contribution in [1.82, 2.24) is 19.7 Å². The molecule has 15 nitrogen and oxygen atoms in total. The molecule has 50 heavy (non-hydrogen) atoms. The highest BCUT2D eigenvalue weighted by Crippen LogP contribution is 2.46. The summed E-state index contributed by atoms with van der Waals surface area (Å²) in [6, 6.07) is 11.1. The molecular formula is C31H40F2N7O8PS. The molecule has 0 spiro atoms. The molecule has 4 rings (SSSR count). The zero-order chi connectivity index (χ0) is 37.3. The molecule has 2 heterocycles.